The highest BCUT2D eigenvalue weighted by molar-refractivity contribution is 6.32. The molecule has 0 aromatic heterocycles. The molecule has 0 amide bonds. The average Bonchev–Trinajstić information content (AvgIpc) is 2.51. The number of hydrogen-bond donors (Lipinski definition) is 1. The highest BCUT2D eigenvalue weighted by Crippen LogP contribution is 2.31. The van der Waals surface area contributed by atoms with Gasteiger partial charge in [0, 0.05) is 6.54 Å². The van der Waals surface area contributed by atoms with Gasteiger partial charge in [-0.15, -0.1) is 0 Å². The maximum Gasteiger partial charge on any atom is 0.138 e. The molecule has 1 saturated heterocycles. The van der Waals surface area contributed by atoms with Crippen molar-refractivity contribution in [2.75, 3.05) is 13.1 Å². The fraction of sp³-hybridized carbons (Fsp3) is 0.294. The molecule has 0 aliphatic carbocycles. The van der Waals surface area contributed by atoms with Gasteiger partial charge in [-0.25, -0.2) is 0 Å². The molecule has 1 aliphatic rings. The number of rotatable bonds is 3. The summed E-state index contributed by atoms with van der Waals surface area (Å²) in [5, 5.41) is 4.02. The molecule has 20 heavy (non-hydrogen) atoms. The van der Waals surface area contributed by atoms with E-state index in [1.54, 1.807) is 0 Å². The van der Waals surface area contributed by atoms with E-state index in [-0.39, 0.29) is 6.10 Å². The van der Waals surface area contributed by atoms with E-state index < -0.39 is 0 Å². The minimum atomic E-state index is 0.226. The van der Waals surface area contributed by atoms with E-state index in [1.165, 1.54) is 5.56 Å². The predicted molar refractivity (Wildman–Crippen MR) is 83.4 cm³/mol. The molecule has 0 radical (unpaired) electrons. The maximum atomic E-state index is 6.35. The van der Waals surface area contributed by atoms with Gasteiger partial charge in [0.1, 0.15) is 11.9 Å². The van der Waals surface area contributed by atoms with Crippen LogP contribution in [0.5, 0.6) is 5.75 Å². The molecule has 2 aromatic rings. The van der Waals surface area contributed by atoms with Gasteiger partial charge in [-0.2, -0.15) is 0 Å². The summed E-state index contributed by atoms with van der Waals surface area (Å²) in [6.07, 6.45) is 2.47. The van der Waals surface area contributed by atoms with Gasteiger partial charge in [0.2, 0.25) is 0 Å². The van der Waals surface area contributed by atoms with Crippen molar-refractivity contribution < 1.29 is 4.74 Å². The van der Waals surface area contributed by atoms with Gasteiger partial charge in [-0.3, -0.25) is 0 Å². The van der Waals surface area contributed by atoms with Gasteiger partial charge in [0.15, 0.2) is 0 Å². The molecule has 3 rings (SSSR count). The zero-order valence-corrected chi connectivity index (χ0v) is 12.1. The number of nitrogens with one attached hydrogen (secondary N) is 1. The molecule has 2 aromatic carbocycles. The predicted octanol–water partition coefficient (Wildman–Crippen LogP) is 4.14. The Kier molecular flexibility index (Phi) is 4.24. The van der Waals surface area contributed by atoms with E-state index in [1.807, 2.05) is 30.3 Å². The molecular weight excluding hydrogens is 270 g/mol. The maximum absolute atomic E-state index is 6.35. The molecule has 1 atom stereocenters. The highest BCUT2D eigenvalue weighted by atomic mass is 35.5. The summed E-state index contributed by atoms with van der Waals surface area (Å²) in [4.78, 5) is 0. The van der Waals surface area contributed by atoms with E-state index >= 15 is 0 Å². The van der Waals surface area contributed by atoms with Crippen molar-refractivity contribution in [1.29, 1.82) is 0 Å². The van der Waals surface area contributed by atoms with Crippen LogP contribution in [0.3, 0.4) is 0 Å². The second-order valence-electron chi connectivity index (χ2n) is 5.10. The molecule has 1 heterocycles. The summed E-state index contributed by atoms with van der Waals surface area (Å²) in [6.45, 7) is 1.98. The summed E-state index contributed by atoms with van der Waals surface area (Å²) < 4.78 is 5.98. The third-order valence-electron chi connectivity index (χ3n) is 3.58. The van der Waals surface area contributed by atoms with E-state index in [9.17, 15) is 0 Å². The highest BCUT2D eigenvalue weighted by Gasteiger charge is 2.15. The van der Waals surface area contributed by atoms with Crippen LogP contribution in [-0.2, 0) is 0 Å². The van der Waals surface area contributed by atoms with Crippen molar-refractivity contribution in [1.82, 2.24) is 5.32 Å². The standard InChI is InChI=1S/C17H18ClNO/c18-16-11-14(13-5-2-1-3-6-13)8-9-17(16)20-15-7-4-10-19-12-15/h1-3,5-6,8-9,11,15,19H,4,7,10,12H2. The number of piperidine rings is 1. The zero-order chi connectivity index (χ0) is 13.8. The number of ether oxygens (including phenoxy) is 1. The van der Waals surface area contributed by atoms with Crippen LogP contribution in [0.15, 0.2) is 48.5 Å². The summed E-state index contributed by atoms with van der Waals surface area (Å²) in [5.74, 6) is 0.778. The largest absolute Gasteiger partial charge is 0.488 e. The molecule has 1 unspecified atom stereocenters. The van der Waals surface area contributed by atoms with E-state index in [0.717, 1.165) is 37.2 Å². The molecular formula is C17H18ClNO. The first-order valence-corrected chi connectivity index (χ1v) is 7.43. The lowest BCUT2D eigenvalue weighted by Crippen LogP contribution is -2.37. The first-order valence-electron chi connectivity index (χ1n) is 7.05. The molecule has 1 fully saturated rings. The molecule has 1 aliphatic heterocycles. The van der Waals surface area contributed by atoms with Crippen LogP contribution in [0.4, 0.5) is 0 Å². The Balaban J connectivity index is 1.77. The summed E-state index contributed by atoms with van der Waals surface area (Å²) in [6, 6.07) is 16.2. The normalized spacial score (nSPS) is 18.8. The van der Waals surface area contributed by atoms with Crippen LogP contribution >= 0.6 is 11.6 Å². The lowest BCUT2D eigenvalue weighted by Gasteiger charge is -2.24. The monoisotopic (exact) mass is 287 g/mol. The van der Waals surface area contributed by atoms with Crippen LogP contribution in [0, 0.1) is 0 Å². The Labute approximate surface area is 124 Å². The number of hydrogen-bond acceptors (Lipinski definition) is 2. The number of halogens is 1. The van der Waals surface area contributed by atoms with E-state index in [2.05, 4.69) is 23.5 Å². The molecule has 2 nitrogen and oxygen atoms in total. The third kappa shape index (κ3) is 3.14. The third-order valence-corrected chi connectivity index (χ3v) is 3.88. The Morgan fingerprint density at radius 2 is 1.90 bits per heavy atom. The Morgan fingerprint density at radius 1 is 1.05 bits per heavy atom. The fourth-order valence-corrected chi connectivity index (χ4v) is 2.73. The summed E-state index contributed by atoms with van der Waals surface area (Å²) in [5.41, 5.74) is 2.28. The SMILES string of the molecule is Clc1cc(-c2ccccc2)ccc1OC1CCCNC1. The van der Waals surface area contributed by atoms with Gasteiger partial charge >= 0.3 is 0 Å². The summed E-state index contributed by atoms with van der Waals surface area (Å²) in [7, 11) is 0. The second kappa shape index (κ2) is 6.29. The van der Waals surface area contributed by atoms with Crippen molar-refractivity contribution >= 4 is 11.6 Å². The Hall–Kier alpha value is -1.51. The second-order valence-corrected chi connectivity index (χ2v) is 5.50. The van der Waals surface area contributed by atoms with Gasteiger partial charge in [0.25, 0.3) is 0 Å². The molecule has 3 heteroatoms. The van der Waals surface area contributed by atoms with Crippen molar-refractivity contribution in [3.63, 3.8) is 0 Å². The van der Waals surface area contributed by atoms with Crippen LogP contribution in [0.2, 0.25) is 5.02 Å². The molecule has 0 spiro atoms. The van der Waals surface area contributed by atoms with Crippen LogP contribution in [-0.4, -0.2) is 19.2 Å². The average molecular weight is 288 g/mol. The molecule has 104 valence electrons. The van der Waals surface area contributed by atoms with Crippen LogP contribution in [0.1, 0.15) is 12.8 Å². The van der Waals surface area contributed by atoms with Crippen molar-refractivity contribution in [2.45, 2.75) is 18.9 Å². The Bertz CT molecular complexity index is 564. The van der Waals surface area contributed by atoms with Gasteiger partial charge in [-0.05, 0) is 42.6 Å². The molecule has 1 N–H and O–H groups in total. The zero-order valence-electron chi connectivity index (χ0n) is 11.3. The van der Waals surface area contributed by atoms with Gasteiger partial charge in [-0.1, -0.05) is 48.0 Å². The van der Waals surface area contributed by atoms with Gasteiger partial charge < -0.3 is 10.1 Å². The Morgan fingerprint density at radius 3 is 2.60 bits per heavy atom. The number of benzene rings is 2. The molecule has 0 saturated carbocycles. The lowest BCUT2D eigenvalue weighted by molar-refractivity contribution is 0.167. The van der Waals surface area contributed by atoms with E-state index in [0.29, 0.717) is 5.02 Å². The topological polar surface area (TPSA) is 21.3 Å². The summed E-state index contributed by atoms with van der Waals surface area (Å²) >= 11 is 6.35. The van der Waals surface area contributed by atoms with E-state index in [4.69, 9.17) is 16.3 Å². The first-order chi connectivity index (χ1) is 9.83. The minimum Gasteiger partial charge on any atom is -0.488 e. The van der Waals surface area contributed by atoms with Crippen LogP contribution < -0.4 is 10.1 Å². The lowest BCUT2D eigenvalue weighted by atomic mass is 10.1. The first kappa shape index (κ1) is 13.5. The quantitative estimate of drug-likeness (QED) is 0.916. The van der Waals surface area contributed by atoms with Crippen molar-refractivity contribution in [2.24, 2.45) is 0 Å². The van der Waals surface area contributed by atoms with Crippen LogP contribution in [0.25, 0.3) is 11.1 Å². The van der Waals surface area contributed by atoms with Crippen molar-refractivity contribution in [3.05, 3.63) is 53.6 Å². The van der Waals surface area contributed by atoms with Gasteiger partial charge in [0.05, 0.1) is 5.02 Å². The smallest absolute Gasteiger partial charge is 0.138 e. The fourth-order valence-electron chi connectivity index (χ4n) is 2.51. The minimum absolute atomic E-state index is 0.226. The van der Waals surface area contributed by atoms with Crippen molar-refractivity contribution in [3.8, 4) is 16.9 Å². The molecule has 0 bridgehead atoms.